The van der Waals surface area contributed by atoms with Crippen molar-refractivity contribution in [3.63, 3.8) is 0 Å². The van der Waals surface area contributed by atoms with E-state index in [2.05, 4.69) is 20.2 Å². The van der Waals surface area contributed by atoms with Crippen molar-refractivity contribution in [2.24, 2.45) is 5.92 Å². The maximum atomic E-state index is 13.0. The Bertz CT molecular complexity index is 1030. The molecule has 2 aliphatic heterocycles. The molecule has 2 fully saturated rings. The van der Waals surface area contributed by atoms with E-state index in [0.717, 1.165) is 31.7 Å². The molecule has 0 radical (unpaired) electrons. The summed E-state index contributed by atoms with van der Waals surface area (Å²) in [7, 11) is 0. The van der Waals surface area contributed by atoms with Gasteiger partial charge in [-0.25, -0.2) is 4.68 Å². The first-order chi connectivity index (χ1) is 15.7. The summed E-state index contributed by atoms with van der Waals surface area (Å²) in [6.45, 7) is 3.72. The molecule has 2 amide bonds. The van der Waals surface area contributed by atoms with Gasteiger partial charge in [0, 0.05) is 57.6 Å². The van der Waals surface area contributed by atoms with E-state index in [4.69, 9.17) is 4.42 Å². The average Bonchev–Trinajstić information content (AvgIpc) is 3.58. The fourth-order valence-electron chi connectivity index (χ4n) is 4.31. The molecular weight excluding hydrogens is 410 g/mol. The molecule has 5 heterocycles. The Labute approximate surface area is 185 Å². The molecule has 0 aromatic carbocycles. The first-order valence-electron chi connectivity index (χ1n) is 10.9. The summed E-state index contributed by atoms with van der Waals surface area (Å²) in [6, 6.07) is 9.06. The van der Waals surface area contributed by atoms with Crippen molar-refractivity contribution in [1.82, 2.24) is 29.8 Å². The van der Waals surface area contributed by atoms with Crippen LogP contribution in [0.15, 0.2) is 53.4 Å². The van der Waals surface area contributed by atoms with Gasteiger partial charge in [-0.3, -0.25) is 9.59 Å². The highest BCUT2D eigenvalue weighted by atomic mass is 16.3. The van der Waals surface area contributed by atoms with Crippen molar-refractivity contribution in [3.05, 3.63) is 54.7 Å². The lowest BCUT2D eigenvalue weighted by Gasteiger charge is -2.38. The molecule has 2 saturated heterocycles. The normalized spacial score (nSPS) is 17.6. The number of carbonyl (C=O) groups excluding carboxylic acids is 2. The van der Waals surface area contributed by atoms with Gasteiger partial charge in [-0.05, 0) is 43.2 Å². The highest BCUT2D eigenvalue weighted by molar-refractivity contribution is 5.91. The minimum absolute atomic E-state index is 0.00915. The second-order valence-corrected chi connectivity index (χ2v) is 8.06. The number of rotatable bonds is 4. The fraction of sp³-hybridized carbons (Fsp3) is 0.409. The van der Waals surface area contributed by atoms with Crippen molar-refractivity contribution in [2.75, 3.05) is 44.2 Å². The molecule has 0 bridgehead atoms. The third-order valence-electron chi connectivity index (χ3n) is 6.15. The summed E-state index contributed by atoms with van der Waals surface area (Å²) in [5, 5.41) is 12.8. The van der Waals surface area contributed by atoms with E-state index in [1.54, 1.807) is 27.9 Å². The van der Waals surface area contributed by atoms with E-state index < -0.39 is 0 Å². The number of hydrogen-bond donors (Lipinski definition) is 0. The highest BCUT2D eigenvalue weighted by Crippen LogP contribution is 2.24. The summed E-state index contributed by atoms with van der Waals surface area (Å²) in [5.74, 6) is 1.92. The Balaban J connectivity index is 1.11. The molecule has 0 saturated carbocycles. The van der Waals surface area contributed by atoms with E-state index in [9.17, 15) is 9.59 Å². The summed E-state index contributed by atoms with van der Waals surface area (Å²) in [6.07, 6.45) is 6.60. The predicted molar refractivity (Wildman–Crippen MR) is 115 cm³/mol. The molecule has 10 heteroatoms. The van der Waals surface area contributed by atoms with E-state index in [0.29, 0.717) is 37.8 Å². The van der Waals surface area contributed by atoms with Crippen LogP contribution in [0, 0.1) is 5.92 Å². The third-order valence-corrected chi connectivity index (χ3v) is 6.15. The van der Waals surface area contributed by atoms with Crippen LogP contribution >= 0.6 is 0 Å². The van der Waals surface area contributed by atoms with E-state index in [-0.39, 0.29) is 17.7 Å². The van der Waals surface area contributed by atoms with Crippen LogP contribution in [0.3, 0.4) is 0 Å². The zero-order valence-corrected chi connectivity index (χ0v) is 17.7. The first-order valence-corrected chi connectivity index (χ1v) is 10.9. The Morgan fingerprint density at radius 3 is 2.22 bits per heavy atom. The van der Waals surface area contributed by atoms with Crippen LogP contribution in [0.4, 0.5) is 5.82 Å². The third kappa shape index (κ3) is 4.08. The van der Waals surface area contributed by atoms with Crippen molar-refractivity contribution in [1.29, 1.82) is 0 Å². The molecule has 166 valence electrons. The van der Waals surface area contributed by atoms with Crippen LogP contribution in [0.1, 0.15) is 23.4 Å². The zero-order valence-electron chi connectivity index (χ0n) is 17.7. The number of amides is 2. The molecule has 0 aliphatic carbocycles. The average molecular weight is 435 g/mol. The van der Waals surface area contributed by atoms with Gasteiger partial charge in [0.1, 0.15) is 0 Å². The van der Waals surface area contributed by atoms with Gasteiger partial charge in [-0.2, -0.15) is 5.10 Å². The SMILES string of the molecule is O=C(c1ccco1)N1CCN(C(=O)C2CCN(c3ccc(-n4cccn4)nn3)CC2)CC1. The number of aromatic nitrogens is 4. The quantitative estimate of drug-likeness (QED) is 0.611. The molecule has 10 nitrogen and oxygen atoms in total. The topological polar surface area (TPSA) is 101 Å². The summed E-state index contributed by atoms with van der Waals surface area (Å²) in [4.78, 5) is 31.2. The fourth-order valence-corrected chi connectivity index (χ4v) is 4.31. The lowest BCUT2D eigenvalue weighted by Crippen LogP contribution is -2.53. The molecule has 0 spiro atoms. The number of anilines is 1. The standard InChI is InChI=1S/C22H25N7O3/c30-21(27-12-14-28(15-13-27)22(31)18-3-1-16-32-18)17-6-10-26(11-7-17)19-4-5-20(25-24-19)29-9-2-8-23-29/h1-5,8-9,16-17H,6-7,10-15H2. The number of nitrogens with zero attached hydrogens (tertiary/aromatic N) is 7. The number of piperazine rings is 1. The molecule has 3 aromatic rings. The number of carbonyl (C=O) groups is 2. The Kier molecular flexibility index (Phi) is 5.57. The summed E-state index contributed by atoms with van der Waals surface area (Å²) < 4.78 is 6.87. The maximum absolute atomic E-state index is 13.0. The molecule has 2 aliphatic rings. The van der Waals surface area contributed by atoms with Gasteiger partial charge in [0.2, 0.25) is 5.91 Å². The van der Waals surface area contributed by atoms with Gasteiger partial charge in [0.05, 0.1) is 6.26 Å². The minimum Gasteiger partial charge on any atom is -0.459 e. The van der Waals surface area contributed by atoms with Crippen molar-refractivity contribution >= 4 is 17.6 Å². The van der Waals surface area contributed by atoms with Crippen molar-refractivity contribution in [2.45, 2.75) is 12.8 Å². The second kappa shape index (κ2) is 8.81. The number of piperidine rings is 1. The highest BCUT2D eigenvalue weighted by Gasteiger charge is 2.32. The van der Waals surface area contributed by atoms with E-state index >= 15 is 0 Å². The van der Waals surface area contributed by atoms with E-state index in [1.165, 1.54) is 6.26 Å². The van der Waals surface area contributed by atoms with Gasteiger partial charge in [-0.1, -0.05) is 0 Å². The van der Waals surface area contributed by atoms with Gasteiger partial charge in [0.25, 0.3) is 5.91 Å². The smallest absolute Gasteiger partial charge is 0.289 e. The zero-order chi connectivity index (χ0) is 21.9. The molecule has 0 atom stereocenters. The monoisotopic (exact) mass is 435 g/mol. The molecule has 3 aromatic heterocycles. The van der Waals surface area contributed by atoms with Gasteiger partial charge in [0.15, 0.2) is 17.4 Å². The van der Waals surface area contributed by atoms with E-state index in [1.807, 2.05) is 29.3 Å². The summed E-state index contributed by atoms with van der Waals surface area (Å²) in [5.41, 5.74) is 0. The predicted octanol–water partition coefficient (Wildman–Crippen LogP) is 1.46. The molecule has 5 rings (SSSR count). The molecule has 0 unspecified atom stereocenters. The van der Waals surface area contributed by atoms with Crippen LogP contribution in [-0.2, 0) is 4.79 Å². The summed E-state index contributed by atoms with van der Waals surface area (Å²) >= 11 is 0. The first kappa shape index (κ1) is 20.2. The van der Waals surface area contributed by atoms with Crippen molar-refractivity contribution in [3.8, 4) is 5.82 Å². The second-order valence-electron chi connectivity index (χ2n) is 8.06. The lowest BCUT2D eigenvalue weighted by atomic mass is 9.95. The molecule has 0 N–H and O–H groups in total. The van der Waals surface area contributed by atoms with Crippen LogP contribution < -0.4 is 4.90 Å². The Morgan fingerprint density at radius 1 is 0.875 bits per heavy atom. The minimum atomic E-state index is -0.116. The molecule has 32 heavy (non-hydrogen) atoms. The van der Waals surface area contributed by atoms with Gasteiger partial charge >= 0.3 is 0 Å². The van der Waals surface area contributed by atoms with Gasteiger partial charge in [-0.15, -0.1) is 10.2 Å². The van der Waals surface area contributed by atoms with Crippen molar-refractivity contribution < 1.29 is 14.0 Å². The Hall–Kier alpha value is -3.69. The number of hydrogen-bond acceptors (Lipinski definition) is 7. The Morgan fingerprint density at radius 2 is 1.59 bits per heavy atom. The van der Waals surface area contributed by atoms with Crippen LogP contribution in [-0.4, -0.2) is 80.9 Å². The van der Waals surface area contributed by atoms with Crippen LogP contribution in [0.2, 0.25) is 0 Å². The lowest BCUT2D eigenvalue weighted by molar-refractivity contribution is -0.137. The number of furan rings is 1. The maximum Gasteiger partial charge on any atom is 0.289 e. The largest absolute Gasteiger partial charge is 0.459 e. The van der Waals surface area contributed by atoms with Gasteiger partial charge < -0.3 is 19.1 Å². The molecular formula is C22H25N7O3. The van der Waals surface area contributed by atoms with Crippen LogP contribution in [0.5, 0.6) is 0 Å². The van der Waals surface area contributed by atoms with Crippen LogP contribution in [0.25, 0.3) is 5.82 Å².